The lowest BCUT2D eigenvalue weighted by Crippen LogP contribution is -2.40. The van der Waals surface area contributed by atoms with Crippen molar-refractivity contribution >= 4 is 40.8 Å². The molecule has 11 nitrogen and oxygen atoms in total. The second kappa shape index (κ2) is 10.5. The molecule has 0 spiro atoms. The molecular weight excluding hydrogens is 492 g/mol. The van der Waals surface area contributed by atoms with Crippen LogP contribution in [0.15, 0.2) is 27.7 Å². The van der Waals surface area contributed by atoms with Gasteiger partial charge in [0.15, 0.2) is 5.76 Å². The Bertz CT molecular complexity index is 1260. The van der Waals surface area contributed by atoms with E-state index in [9.17, 15) is 24.5 Å². The number of amides is 2. The molecule has 2 aromatic rings. The fourth-order valence-electron chi connectivity index (χ4n) is 4.59. The van der Waals surface area contributed by atoms with Crippen molar-refractivity contribution in [1.82, 2.24) is 10.3 Å². The van der Waals surface area contributed by atoms with Gasteiger partial charge in [0.25, 0.3) is 17.5 Å². The van der Waals surface area contributed by atoms with E-state index in [0.29, 0.717) is 61.4 Å². The molecule has 1 aromatic carbocycles. The van der Waals surface area contributed by atoms with Gasteiger partial charge in [-0.3, -0.25) is 24.5 Å². The highest BCUT2D eigenvalue weighted by molar-refractivity contribution is 6.32. The zero-order valence-corrected chi connectivity index (χ0v) is 20.6. The average molecular weight is 517 g/mol. The maximum atomic E-state index is 13.2. The van der Waals surface area contributed by atoms with Crippen LogP contribution in [0.25, 0.3) is 0 Å². The summed E-state index contributed by atoms with van der Waals surface area (Å²) >= 11 is 5.82. The third-order valence-corrected chi connectivity index (χ3v) is 6.85. The lowest BCUT2D eigenvalue weighted by Gasteiger charge is -2.30. The van der Waals surface area contributed by atoms with Gasteiger partial charge in [-0.25, -0.2) is 5.43 Å². The molecule has 2 heterocycles. The van der Waals surface area contributed by atoms with Gasteiger partial charge in [-0.2, -0.15) is 5.10 Å². The zero-order chi connectivity index (χ0) is 26.0. The summed E-state index contributed by atoms with van der Waals surface area (Å²) in [6.45, 7) is 2.63. The molecule has 1 saturated heterocycles. The Hall–Kier alpha value is -3.73. The molecule has 12 heteroatoms. The van der Waals surface area contributed by atoms with E-state index in [0.717, 1.165) is 12.5 Å². The molecule has 1 fully saturated rings. The molecule has 2 aliphatic rings. The van der Waals surface area contributed by atoms with Crippen LogP contribution in [0.5, 0.6) is 0 Å². The van der Waals surface area contributed by atoms with Crippen LogP contribution in [0.2, 0.25) is 5.02 Å². The Labute approximate surface area is 211 Å². The van der Waals surface area contributed by atoms with Crippen LogP contribution >= 0.6 is 11.6 Å². The minimum Gasteiger partial charge on any atom is -0.469 e. The number of rotatable bonds is 5. The van der Waals surface area contributed by atoms with Gasteiger partial charge in [0.1, 0.15) is 10.8 Å². The summed E-state index contributed by atoms with van der Waals surface area (Å²) < 4.78 is 10.8. The van der Waals surface area contributed by atoms with Crippen molar-refractivity contribution in [3.8, 4) is 0 Å². The predicted molar refractivity (Wildman–Crippen MR) is 129 cm³/mol. The normalized spacial score (nSPS) is 17.0. The SMILES string of the molecule is COC(=O)C1CCN(C(=O)c2oc3c(c2C)/C(=N/NC(=O)c2ccc(Cl)c([N+](=O)[O-])c2)CCC3)CC1. The van der Waals surface area contributed by atoms with Gasteiger partial charge in [-0.05, 0) is 44.7 Å². The number of furan rings is 1. The van der Waals surface area contributed by atoms with Crippen LogP contribution in [0.1, 0.15) is 63.5 Å². The number of nitro groups is 1. The molecule has 0 unspecified atom stereocenters. The largest absolute Gasteiger partial charge is 0.469 e. The lowest BCUT2D eigenvalue weighted by atomic mass is 9.93. The summed E-state index contributed by atoms with van der Waals surface area (Å²) in [6, 6.07) is 3.75. The first-order valence-corrected chi connectivity index (χ1v) is 11.9. The molecular formula is C24H25ClN4O7. The molecule has 1 aliphatic carbocycles. The monoisotopic (exact) mass is 516 g/mol. The smallest absolute Gasteiger partial charge is 0.308 e. The number of hydrazone groups is 1. The number of benzene rings is 1. The van der Waals surface area contributed by atoms with Crippen molar-refractivity contribution in [2.45, 2.75) is 39.0 Å². The first-order valence-electron chi connectivity index (χ1n) is 11.5. The number of halogens is 1. The topological polar surface area (TPSA) is 144 Å². The van der Waals surface area contributed by atoms with Gasteiger partial charge >= 0.3 is 5.97 Å². The summed E-state index contributed by atoms with van der Waals surface area (Å²) in [6.07, 6.45) is 2.97. The number of aryl methyl sites for hydroxylation is 1. The fraction of sp³-hybridized carbons (Fsp3) is 0.417. The molecule has 1 N–H and O–H groups in total. The third-order valence-electron chi connectivity index (χ3n) is 6.53. The van der Waals surface area contributed by atoms with E-state index in [-0.39, 0.29) is 39.8 Å². The van der Waals surface area contributed by atoms with Crippen LogP contribution in [0, 0.1) is 23.0 Å². The van der Waals surface area contributed by atoms with Gasteiger partial charge in [-0.15, -0.1) is 0 Å². The summed E-state index contributed by atoms with van der Waals surface area (Å²) in [5.74, 6) is -0.493. The number of nitro benzene ring substituents is 1. The van der Waals surface area contributed by atoms with Gasteiger partial charge in [0.05, 0.1) is 23.7 Å². The van der Waals surface area contributed by atoms with E-state index in [2.05, 4.69) is 10.5 Å². The first-order chi connectivity index (χ1) is 17.2. The van der Waals surface area contributed by atoms with E-state index in [1.807, 2.05) is 0 Å². The number of fused-ring (bicyclic) bond motifs is 1. The van der Waals surface area contributed by atoms with Crippen LogP contribution in [-0.2, 0) is 16.0 Å². The van der Waals surface area contributed by atoms with Crippen molar-refractivity contribution in [3.05, 3.63) is 61.5 Å². The summed E-state index contributed by atoms with van der Waals surface area (Å²) in [5, 5.41) is 15.3. The highest BCUT2D eigenvalue weighted by atomic mass is 35.5. The van der Waals surface area contributed by atoms with Crippen LogP contribution < -0.4 is 5.43 Å². The number of nitrogens with one attached hydrogen (secondary N) is 1. The lowest BCUT2D eigenvalue weighted by molar-refractivity contribution is -0.384. The number of hydrogen-bond acceptors (Lipinski definition) is 8. The van der Waals surface area contributed by atoms with Crippen LogP contribution in [0.4, 0.5) is 5.69 Å². The maximum Gasteiger partial charge on any atom is 0.308 e. The van der Waals surface area contributed by atoms with Crippen molar-refractivity contribution < 1.29 is 28.5 Å². The number of carbonyl (C=O) groups excluding carboxylic acids is 3. The second-order valence-corrected chi connectivity index (χ2v) is 9.13. The van der Waals surface area contributed by atoms with Crippen molar-refractivity contribution in [1.29, 1.82) is 0 Å². The highest BCUT2D eigenvalue weighted by Crippen LogP contribution is 2.32. The minimum atomic E-state index is -0.663. The highest BCUT2D eigenvalue weighted by Gasteiger charge is 2.33. The molecule has 2 amide bonds. The molecule has 36 heavy (non-hydrogen) atoms. The zero-order valence-electron chi connectivity index (χ0n) is 19.8. The quantitative estimate of drug-likeness (QED) is 0.362. The Morgan fingerprint density at radius 1 is 1.25 bits per heavy atom. The molecule has 190 valence electrons. The van der Waals surface area contributed by atoms with Gasteiger partial charge in [-0.1, -0.05) is 11.6 Å². The van der Waals surface area contributed by atoms with Gasteiger partial charge < -0.3 is 14.1 Å². The maximum absolute atomic E-state index is 13.2. The van der Waals surface area contributed by atoms with Crippen molar-refractivity contribution in [2.75, 3.05) is 20.2 Å². The Kier molecular flexibility index (Phi) is 7.39. The van der Waals surface area contributed by atoms with E-state index < -0.39 is 10.8 Å². The average Bonchev–Trinajstić information content (AvgIpc) is 3.23. The summed E-state index contributed by atoms with van der Waals surface area (Å²) in [7, 11) is 1.36. The van der Waals surface area contributed by atoms with Crippen molar-refractivity contribution in [2.24, 2.45) is 11.0 Å². The van der Waals surface area contributed by atoms with Crippen molar-refractivity contribution in [3.63, 3.8) is 0 Å². The Balaban J connectivity index is 1.51. The molecule has 4 rings (SSSR count). The van der Waals surface area contributed by atoms with Crippen LogP contribution in [0.3, 0.4) is 0 Å². The van der Waals surface area contributed by atoms with Gasteiger partial charge in [0.2, 0.25) is 0 Å². The molecule has 0 bridgehead atoms. The third kappa shape index (κ3) is 4.97. The Morgan fingerprint density at radius 3 is 2.64 bits per heavy atom. The molecule has 0 atom stereocenters. The number of carbonyl (C=O) groups is 3. The fourth-order valence-corrected chi connectivity index (χ4v) is 4.78. The number of nitrogens with zero attached hydrogens (tertiary/aromatic N) is 3. The number of methoxy groups -OCH3 is 1. The first kappa shape index (κ1) is 25.4. The number of hydrogen-bond donors (Lipinski definition) is 1. The number of ether oxygens (including phenoxy) is 1. The number of esters is 1. The minimum absolute atomic E-state index is 0.0432. The van der Waals surface area contributed by atoms with Gasteiger partial charge in [0, 0.05) is 42.3 Å². The molecule has 0 saturated carbocycles. The van der Waals surface area contributed by atoms with E-state index >= 15 is 0 Å². The van der Waals surface area contributed by atoms with E-state index in [1.54, 1.807) is 11.8 Å². The standard InChI is InChI=1S/C24H25ClN4O7/c1-13-20-17(26-27-22(30)15-6-7-16(25)18(12-15)29(33)34)4-3-5-19(20)36-21(13)23(31)28-10-8-14(9-11-28)24(32)35-2/h6-7,12,14H,3-5,8-11H2,1-2H3,(H,27,30)/b26-17+. The number of likely N-dealkylation sites (tertiary alicyclic amines) is 1. The number of piperidine rings is 1. The summed E-state index contributed by atoms with van der Waals surface area (Å²) in [5.41, 5.74) is 4.01. The second-order valence-electron chi connectivity index (χ2n) is 8.72. The van der Waals surface area contributed by atoms with E-state index in [1.165, 1.54) is 19.2 Å². The van der Waals surface area contributed by atoms with Crippen LogP contribution in [-0.4, -0.2) is 53.5 Å². The molecule has 0 radical (unpaired) electrons. The molecule has 1 aromatic heterocycles. The van der Waals surface area contributed by atoms with E-state index in [4.69, 9.17) is 20.8 Å². The predicted octanol–water partition coefficient (Wildman–Crippen LogP) is 3.65. The molecule has 1 aliphatic heterocycles. The summed E-state index contributed by atoms with van der Waals surface area (Å²) in [4.78, 5) is 49.7. The Morgan fingerprint density at radius 2 is 1.97 bits per heavy atom.